The second-order valence-corrected chi connectivity index (χ2v) is 5.84. The molecule has 1 N–H and O–H groups in total. The Kier molecular flexibility index (Phi) is 7.00. The molecular formula is C17H29FN2. The number of halogens is 1. The van der Waals surface area contributed by atoms with Gasteiger partial charge in [0, 0.05) is 25.3 Å². The van der Waals surface area contributed by atoms with Crippen molar-refractivity contribution in [2.75, 3.05) is 31.1 Å². The molecule has 1 rings (SSSR count). The number of hydrogen-bond donors (Lipinski definition) is 1. The molecule has 0 saturated carbocycles. The molecule has 0 aliphatic carbocycles. The smallest absolute Gasteiger partial charge is 0.125 e. The fraction of sp³-hybridized carbons (Fsp3) is 0.647. The molecule has 1 unspecified atom stereocenters. The molecule has 0 fully saturated rings. The number of hydrogen-bond acceptors (Lipinski definition) is 2. The van der Waals surface area contributed by atoms with E-state index < -0.39 is 0 Å². The Morgan fingerprint density at radius 3 is 2.55 bits per heavy atom. The van der Waals surface area contributed by atoms with Crippen LogP contribution in [0, 0.1) is 11.2 Å². The van der Waals surface area contributed by atoms with Crippen LogP contribution in [0.5, 0.6) is 0 Å². The van der Waals surface area contributed by atoms with Gasteiger partial charge in [0.25, 0.3) is 0 Å². The van der Waals surface area contributed by atoms with Crippen LogP contribution in [0.3, 0.4) is 0 Å². The number of benzene rings is 1. The predicted octanol–water partition coefficient (Wildman–Crippen LogP) is 4.07. The zero-order valence-electron chi connectivity index (χ0n) is 13.4. The molecule has 114 valence electrons. The Balaban J connectivity index is 2.74. The zero-order chi connectivity index (χ0) is 15.0. The maximum Gasteiger partial charge on any atom is 0.125 e. The highest BCUT2D eigenvalue weighted by atomic mass is 19.1. The van der Waals surface area contributed by atoms with Gasteiger partial charge in [-0.3, -0.25) is 0 Å². The molecule has 0 heterocycles. The second-order valence-electron chi connectivity index (χ2n) is 5.84. The Labute approximate surface area is 123 Å². The first-order chi connectivity index (χ1) is 9.54. The van der Waals surface area contributed by atoms with E-state index in [4.69, 9.17) is 0 Å². The van der Waals surface area contributed by atoms with E-state index in [-0.39, 0.29) is 11.2 Å². The van der Waals surface area contributed by atoms with Crippen LogP contribution in [0.25, 0.3) is 0 Å². The summed E-state index contributed by atoms with van der Waals surface area (Å²) >= 11 is 0. The highest BCUT2D eigenvalue weighted by Crippen LogP contribution is 2.25. The van der Waals surface area contributed by atoms with Crippen LogP contribution in [-0.4, -0.2) is 26.2 Å². The van der Waals surface area contributed by atoms with Crippen molar-refractivity contribution >= 4 is 5.69 Å². The van der Waals surface area contributed by atoms with Gasteiger partial charge in [0.15, 0.2) is 0 Å². The van der Waals surface area contributed by atoms with E-state index in [1.807, 2.05) is 6.07 Å². The van der Waals surface area contributed by atoms with Gasteiger partial charge in [-0.25, -0.2) is 4.39 Å². The number of nitrogens with one attached hydrogen (secondary N) is 1. The molecule has 0 bridgehead atoms. The lowest BCUT2D eigenvalue weighted by Gasteiger charge is -2.36. The molecule has 2 nitrogen and oxygen atoms in total. The molecule has 0 saturated heterocycles. The average molecular weight is 280 g/mol. The lowest BCUT2D eigenvalue weighted by Crippen LogP contribution is -2.42. The largest absolute Gasteiger partial charge is 0.371 e. The molecule has 1 aromatic rings. The maximum absolute atomic E-state index is 13.4. The Morgan fingerprint density at radius 1 is 1.25 bits per heavy atom. The number of rotatable bonds is 9. The van der Waals surface area contributed by atoms with Crippen LogP contribution in [0.15, 0.2) is 24.3 Å². The van der Waals surface area contributed by atoms with E-state index >= 15 is 0 Å². The van der Waals surface area contributed by atoms with Crippen molar-refractivity contribution in [3.63, 3.8) is 0 Å². The third kappa shape index (κ3) is 5.12. The first-order valence-corrected chi connectivity index (χ1v) is 7.76. The normalized spacial score (nSPS) is 14.1. The van der Waals surface area contributed by atoms with Gasteiger partial charge in [-0.15, -0.1) is 0 Å². The highest BCUT2D eigenvalue weighted by molar-refractivity contribution is 5.46. The van der Waals surface area contributed by atoms with E-state index in [2.05, 4.69) is 37.9 Å². The SMILES string of the molecule is CCCNCC(C)(CC)CN(CC)c1cccc(F)c1. The van der Waals surface area contributed by atoms with Crippen molar-refractivity contribution in [1.82, 2.24) is 5.32 Å². The fourth-order valence-electron chi connectivity index (χ4n) is 2.38. The van der Waals surface area contributed by atoms with E-state index in [1.54, 1.807) is 12.1 Å². The quantitative estimate of drug-likeness (QED) is 0.686. The molecule has 20 heavy (non-hydrogen) atoms. The van der Waals surface area contributed by atoms with Gasteiger partial charge >= 0.3 is 0 Å². The Hall–Kier alpha value is -1.09. The van der Waals surface area contributed by atoms with Crippen LogP contribution >= 0.6 is 0 Å². The van der Waals surface area contributed by atoms with Crippen molar-refractivity contribution in [2.45, 2.75) is 40.5 Å². The van der Waals surface area contributed by atoms with Crippen LogP contribution in [0.1, 0.15) is 40.5 Å². The summed E-state index contributed by atoms with van der Waals surface area (Å²) < 4.78 is 13.4. The molecule has 0 aromatic heterocycles. The monoisotopic (exact) mass is 280 g/mol. The number of anilines is 1. The van der Waals surface area contributed by atoms with E-state index in [0.29, 0.717) is 0 Å². The predicted molar refractivity (Wildman–Crippen MR) is 85.8 cm³/mol. The molecule has 0 spiro atoms. The summed E-state index contributed by atoms with van der Waals surface area (Å²) in [7, 11) is 0. The summed E-state index contributed by atoms with van der Waals surface area (Å²) in [5, 5.41) is 3.52. The third-order valence-corrected chi connectivity index (χ3v) is 3.96. The molecule has 1 atom stereocenters. The van der Waals surface area contributed by atoms with Crippen molar-refractivity contribution in [1.29, 1.82) is 0 Å². The Morgan fingerprint density at radius 2 is 2.00 bits per heavy atom. The highest BCUT2D eigenvalue weighted by Gasteiger charge is 2.24. The van der Waals surface area contributed by atoms with E-state index in [0.717, 1.165) is 44.7 Å². The average Bonchev–Trinajstić information content (AvgIpc) is 2.45. The van der Waals surface area contributed by atoms with Crippen molar-refractivity contribution < 1.29 is 4.39 Å². The van der Waals surface area contributed by atoms with Crippen LogP contribution in [-0.2, 0) is 0 Å². The summed E-state index contributed by atoms with van der Waals surface area (Å²) in [6.45, 7) is 12.7. The van der Waals surface area contributed by atoms with Gasteiger partial charge in [0.05, 0.1) is 0 Å². The van der Waals surface area contributed by atoms with Crippen molar-refractivity contribution in [2.24, 2.45) is 5.41 Å². The summed E-state index contributed by atoms with van der Waals surface area (Å²) in [6, 6.07) is 6.90. The number of nitrogens with zero attached hydrogens (tertiary/aromatic N) is 1. The van der Waals surface area contributed by atoms with Gasteiger partial charge in [-0.05, 0) is 49.9 Å². The molecular weight excluding hydrogens is 251 g/mol. The molecule has 0 aliphatic heterocycles. The van der Waals surface area contributed by atoms with Crippen molar-refractivity contribution in [3.05, 3.63) is 30.1 Å². The molecule has 3 heteroatoms. The minimum atomic E-state index is -0.164. The standard InChI is InChI=1S/C17H29FN2/c1-5-11-19-13-17(4,6-2)14-20(7-3)16-10-8-9-15(18)12-16/h8-10,12,19H,5-7,11,13-14H2,1-4H3. The molecule has 0 aliphatic rings. The first kappa shape index (κ1) is 17.0. The zero-order valence-corrected chi connectivity index (χ0v) is 13.4. The summed E-state index contributed by atoms with van der Waals surface area (Å²) in [6.07, 6.45) is 2.26. The summed E-state index contributed by atoms with van der Waals surface area (Å²) in [4.78, 5) is 2.26. The first-order valence-electron chi connectivity index (χ1n) is 7.76. The topological polar surface area (TPSA) is 15.3 Å². The lowest BCUT2D eigenvalue weighted by atomic mass is 9.86. The molecule has 0 radical (unpaired) electrons. The summed E-state index contributed by atoms with van der Waals surface area (Å²) in [5.74, 6) is -0.164. The lowest BCUT2D eigenvalue weighted by molar-refractivity contribution is 0.296. The van der Waals surface area contributed by atoms with Gasteiger partial charge in [-0.1, -0.05) is 26.8 Å². The van der Waals surface area contributed by atoms with Gasteiger partial charge in [0.1, 0.15) is 5.82 Å². The van der Waals surface area contributed by atoms with Gasteiger partial charge in [-0.2, -0.15) is 0 Å². The maximum atomic E-state index is 13.4. The second kappa shape index (κ2) is 8.25. The minimum Gasteiger partial charge on any atom is -0.371 e. The van der Waals surface area contributed by atoms with Gasteiger partial charge < -0.3 is 10.2 Å². The van der Waals surface area contributed by atoms with Gasteiger partial charge in [0.2, 0.25) is 0 Å². The molecule has 1 aromatic carbocycles. The van der Waals surface area contributed by atoms with E-state index in [1.165, 1.54) is 6.07 Å². The summed E-state index contributed by atoms with van der Waals surface area (Å²) in [5.41, 5.74) is 1.18. The van der Waals surface area contributed by atoms with E-state index in [9.17, 15) is 4.39 Å². The molecule has 0 amide bonds. The minimum absolute atomic E-state index is 0.164. The van der Waals surface area contributed by atoms with Crippen LogP contribution in [0.2, 0.25) is 0 Å². The van der Waals surface area contributed by atoms with Crippen molar-refractivity contribution in [3.8, 4) is 0 Å². The fourth-order valence-corrected chi connectivity index (χ4v) is 2.38. The van der Waals surface area contributed by atoms with Crippen LogP contribution in [0.4, 0.5) is 10.1 Å². The van der Waals surface area contributed by atoms with Crippen LogP contribution < -0.4 is 10.2 Å². The third-order valence-electron chi connectivity index (χ3n) is 3.96. The Bertz CT molecular complexity index is 394.